The molecule has 0 amide bonds. The topological polar surface area (TPSA) is 48.6 Å². The van der Waals surface area contributed by atoms with Crippen molar-refractivity contribution in [2.24, 2.45) is 10.4 Å². The summed E-state index contributed by atoms with van der Waals surface area (Å²) in [6, 6.07) is 36.2. The smallest absolute Gasteiger partial charge is 0.510 e. The first-order valence-corrected chi connectivity index (χ1v) is 22.2. The molecule has 5 aromatic carbocycles. The predicted molar refractivity (Wildman–Crippen MR) is 257 cm³/mol. The molecule has 0 N–H and O–H groups in total. The Hall–Kier alpha value is -4.99. The molecule has 0 radical (unpaired) electrons. The maximum atomic E-state index is 7.33. The molecule has 326 valence electrons. The van der Waals surface area contributed by atoms with Crippen LogP contribution in [0.15, 0.2) is 90.1 Å². The van der Waals surface area contributed by atoms with Gasteiger partial charge in [-0.05, 0) is 126 Å². The van der Waals surface area contributed by atoms with Gasteiger partial charge in [-0.25, -0.2) is 4.98 Å². The van der Waals surface area contributed by atoms with Gasteiger partial charge in [0.2, 0.25) is 0 Å². The summed E-state index contributed by atoms with van der Waals surface area (Å²) in [6.07, 6.45) is 2.70. The zero-order valence-electron chi connectivity index (χ0n) is 39.8. The van der Waals surface area contributed by atoms with Crippen LogP contribution in [0.3, 0.4) is 0 Å². The summed E-state index contributed by atoms with van der Waals surface area (Å²) < 4.78 is 16.5. The van der Waals surface area contributed by atoms with Crippen molar-refractivity contribution in [2.45, 2.75) is 132 Å². The van der Waals surface area contributed by atoms with Crippen molar-refractivity contribution in [1.29, 1.82) is 0 Å². The Bertz CT molecular complexity index is 3000. The number of aromatic nitrogens is 2. The monoisotopic (exact) mass is 1010 g/mol. The zero-order valence-corrected chi connectivity index (χ0v) is 42.0. The first-order valence-electron chi connectivity index (χ1n) is 22.2. The van der Waals surface area contributed by atoms with Crippen LogP contribution in [0.25, 0.3) is 38.8 Å². The van der Waals surface area contributed by atoms with Gasteiger partial charge in [0.05, 0.1) is 0 Å². The van der Waals surface area contributed by atoms with Crippen molar-refractivity contribution in [3.05, 3.63) is 153 Å². The van der Waals surface area contributed by atoms with E-state index in [1.54, 1.807) is 0 Å². The van der Waals surface area contributed by atoms with E-state index in [1.807, 2.05) is 12.3 Å². The Labute approximate surface area is 389 Å². The third kappa shape index (κ3) is 7.27. The molecule has 1 aliphatic carbocycles. The van der Waals surface area contributed by atoms with Crippen molar-refractivity contribution in [1.82, 2.24) is 9.55 Å². The van der Waals surface area contributed by atoms with Crippen molar-refractivity contribution < 1.29 is 30.5 Å². The van der Waals surface area contributed by atoms with E-state index < -0.39 is 11.1 Å². The summed E-state index contributed by atoms with van der Waals surface area (Å²) in [6.45, 7) is 33.5. The number of benzene rings is 5. The minimum Gasteiger partial charge on any atom is -0.510 e. The molecule has 0 saturated heterocycles. The van der Waals surface area contributed by atoms with Gasteiger partial charge in [-0.1, -0.05) is 133 Å². The first kappa shape index (κ1) is 44.6. The summed E-state index contributed by atoms with van der Waals surface area (Å²) in [5, 5.41) is 2.26. The van der Waals surface area contributed by atoms with Crippen LogP contribution in [-0.4, -0.2) is 21.0 Å². The van der Waals surface area contributed by atoms with E-state index in [0.29, 0.717) is 17.4 Å². The number of nitrogens with zero attached hydrogens (tertiary/aromatic N) is 3. The Morgan fingerprint density at radius 1 is 0.683 bits per heavy atom. The van der Waals surface area contributed by atoms with Crippen LogP contribution in [0.2, 0.25) is 0 Å². The average Bonchev–Trinajstić information content (AvgIpc) is 3.75. The maximum Gasteiger partial charge on any atom is 2.00 e. The molecule has 9 rings (SSSR count). The Morgan fingerprint density at radius 2 is 1.35 bits per heavy atom. The number of aryl methyl sites for hydroxylation is 5. The molecule has 1 aliphatic heterocycles. The summed E-state index contributed by atoms with van der Waals surface area (Å²) in [5.74, 6) is 2.61. The van der Waals surface area contributed by atoms with Crippen LogP contribution in [0.5, 0.6) is 11.5 Å². The average molecular weight is 1020 g/mol. The third-order valence-electron chi connectivity index (χ3n) is 13.9. The zero-order chi connectivity index (χ0) is 44.5. The second-order valence-electron chi connectivity index (χ2n) is 21.5. The number of hydrogen-bond acceptors (Lipinski definition) is 4. The molecule has 2 aliphatic rings. The Balaban J connectivity index is 0.00000544. The molecule has 2 aromatic heterocycles. The van der Waals surface area contributed by atoms with E-state index >= 15 is 0 Å². The number of rotatable bonds is 5. The standard InChI is InChI=1S/C57H61N3O2.Pt/c1-33-22-36(4)51(37(5)23-33)38-26-39(52-59-56(15)47-25-35(3)34(2)24-40(47)32-57(56,62-52)55(12,13)14)28-44(27-38)61-43-17-18-45-46-29-41(53(6,7)8)16-19-48(46)60(49(45)31-43)50-30-42(20-21-58-50)54(9,10)11;/h16-27,29-30H,32H2,1-15H3;/q-2;+2/t56-,57-;/m1./s1. The molecule has 3 heterocycles. The Kier molecular flexibility index (Phi) is 10.7. The fourth-order valence-electron chi connectivity index (χ4n) is 10.4. The van der Waals surface area contributed by atoms with Gasteiger partial charge in [0.15, 0.2) is 0 Å². The van der Waals surface area contributed by atoms with Crippen LogP contribution in [0.1, 0.15) is 125 Å². The molecule has 0 saturated carbocycles. The first-order chi connectivity index (χ1) is 29.0. The third-order valence-corrected chi connectivity index (χ3v) is 13.9. The second-order valence-corrected chi connectivity index (χ2v) is 21.5. The maximum absolute atomic E-state index is 7.33. The second kappa shape index (κ2) is 15.0. The van der Waals surface area contributed by atoms with Crippen LogP contribution < -0.4 is 4.74 Å². The Morgan fingerprint density at radius 3 is 2.02 bits per heavy atom. The van der Waals surface area contributed by atoms with E-state index in [0.717, 1.165) is 45.2 Å². The van der Waals surface area contributed by atoms with Gasteiger partial charge in [0.1, 0.15) is 22.9 Å². The molecule has 0 fully saturated rings. The predicted octanol–water partition coefficient (Wildman–Crippen LogP) is 14.4. The minimum atomic E-state index is -0.591. The number of pyridine rings is 1. The normalized spacial score (nSPS) is 18.6. The van der Waals surface area contributed by atoms with Gasteiger partial charge >= 0.3 is 21.1 Å². The molecule has 63 heavy (non-hydrogen) atoms. The largest absolute Gasteiger partial charge is 2.00 e. The van der Waals surface area contributed by atoms with Gasteiger partial charge in [-0.15, -0.1) is 23.6 Å². The molecule has 0 bridgehead atoms. The summed E-state index contributed by atoms with van der Waals surface area (Å²) in [7, 11) is 0. The van der Waals surface area contributed by atoms with E-state index in [4.69, 9.17) is 19.5 Å². The fourth-order valence-corrected chi connectivity index (χ4v) is 10.4. The van der Waals surface area contributed by atoms with Crippen LogP contribution in [-0.2, 0) is 48.6 Å². The van der Waals surface area contributed by atoms with Gasteiger partial charge < -0.3 is 14.0 Å². The van der Waals surface area contributed by atoms with Gasteiger partial charge in [0, 0.05) is 35.0 Å². The van der Waals surface area contributed by atoms with Crippen molar-refractivity contribution in [3.8, 4) is 28.4 Å². The van der Waals surface area contributed by atoms with Gasteiger partial charge in [-0.3, -0.25) is 4.99 Å². The molecule has 0 unspecified atom stereocenters. The van der Waals surface area contributed by atoms with Gasteiger partial charge in [0.25, 0.3) is 0 Å². The van der Waals surface area contributed by atoms with E-state index in [-0.39, 0.29) is 37.3 Å². The molecule has 2 atom stereocenters. The number of ether oxygens (including phenoxy) is 2. The fraction of sp³-hybridized carbons (Fsp3) is 0.368. The molecule has 0 spiro atoms. The van der Waals surface area contributed by atoms with Crippen molar-refractivity contribution in [3.63, 3.8) is 0 Å². The van der Waals surface area contributed by atoms with Crippen LogP contribution in [0, 0.1) is 52.2 Å². The number of fused-ring (bicyclic) bond motifs is 6. The number of aliphatic imine (C=N–C) groups is 1. The minimum absolute atomic E-state index is 0. The molecule has 6 heteroatoms. The summed E-state index contributed by atoms with van der Waals surface area (Å²) in [4.78, 5) is 10.5. The van der Waals surface area contributed by atoms with Crippen LogP contribution >= 0.6 is 0 Å². The summed E-state index contributed by atoms with van der Waals surface area (Å²) in [5.41, 5.74) is 14.8. The van der Waals surface area contributed by atoms with E-state index in [2.05, 4.69) is 193 Å². The van der Waals surface area contributed by atoms with Crippen molar-refractivity contribution in [2.75, 3.05) is 0 Å². The molecule has 5 nitrogen and oxygen atoms in total. The molecule has 7 aromatic rings. The summed E-state index contributed by atoms with van der Waals surface area (Å²) >= 11 is 0. The molecular weight excluding hydrogens is 954 g/mol. The van der Waals surface area contributed by atoms with Crippen molar-refractivity contribution >= 4 is 27.7 Å². The number of hydrogen-bond donors (Lipinski definition) is 0. The SMILES string of the molecule is Cc1cc(C)c(-c2cc(Oc3[c-]c4c(cc3)c3cc(C(C)(C)C)ccc3n4-c3cc(C(C)(C)C)ccn3)[c-]c(C3=N[C@]4(C)c5cc(C)c(C)cc5C[C@]4(C(C)(C)C)O3)c2)c(C)c1.[Pt+2]. The van der Waals surface area contributed by atoms with Gasteiger partial charge in [-0.2, -0.15) is 6.07 Å². The van der Waals surface area contributed by atoms with E-state index in [9.17, 15) is 0 Å². The van der Waals surface area contributed by atoms with Crippen LogP contribution in [0.4, 0.5) is 0 Å². The van der Waals surface area contributed by atoms with E-state index in [1.165, 1.54) is 55.6 Å². The quantitative estimate of drug-likeness (QED) is 0.161. The molecular formula is C57H61N3O2Pt.